The number of anilines is 1. The molecule has 21 heavy (non-hydrogen) atoms. The molecule has 0 amide bonds. The van der Waals surface area contributed by atoms with E-state index in [0.29, 0.717) is 16.9 Å². The molecule has 112 valence electrons. The van der Waals surface area contributed by atoms with Crippen LogP contribution in [0.15, 0.2) is 26.3 Å². The fourth-order valence-corrected chi connectivity index (χ4v) is 4.24. The average Bonchev–Trinajstić information content (AvgIpc) is 2.85. The largest absolute Gasteiger partial charge is 0.476 e. The topological polar surface area (TPSA) is 96.4 Å². The number of carbonyl (C=O) groups is 1. The van der Waals surface area contributed by atoms with Gasteiger partial charge in [0.15, 0.2) is 9.90 Å². The van der Waals surface area contributed by atoms with Gasteiger partial charge in [-0.05, 0) is 40.5 Å². The van der Waals surface area contributed by atoms with Gasteiger partial charge in [-0.25, -0.2) is 22.6 Å². The first-order chi connectivity index (χ1) is 9.72. The molecule has 10 heteroatoms. The van der Waals surface area contributed by atoms with Gasteiger partial charge >= 0.3 is 5.97 Å². The highest BCUT2D eigenvalue weighted by molar-refractivity contribution is 9.10. The fraction of sp³-hybridized carbons (Fsp3) is 0.0909. The quantitative estimate of drug-likeness (QED) is 0.830. The molecule has 1 aromatic carbocycles. The molecule has 2 aromatic rings. The molecule has 1 heterocycles. The molecule has 0 unspecified atom stereocenters. The lowest BCUT2D eigenvalue weighted by Gasteiger charge is -2.10. The molecular formula is C11H8BrFN2O4S2. The van der Waals surface area contributed by atoms with Gasteiger partial charge in [0.25, 0.3) is 10.0 Å². The van der Waals surface area contributed by atoms with Crippen molar-refractivity contribution in [2.45, 2.75) is 11.1 Å². The molecule has 0 saturated heterocycles. The number of halogens is 2. The number of carboxylic acid groups (broad SMARTS) is 1. The number of hydrogen-bond acceptors (Lipinski definition) is 5. The molecule has 0 radical (unpaired) electrons. The van der Waals surface area contributed by atoms with Gasteiger partial charge in [-0.15, -0.1) is 11.3 Å². The number of hydrogen-bond donors (Lipinski definition) is 2. The summed E-state index contributed by atoms with van der Waals surface area (Å²) >= 11 is 3.66. The number of benzene rings is 1. The Bertz CT molecular complexity index is 820. The number of carboxylic acids is 1. The van der Waals surface area contributed by atoms with Gasteiger partial charge in [0, 0.05) is 0 Å². The third-order valence-electron chi connectivity index (χ3n) is 2.49. The summed E-state index contributed by atoms with van der Waals surface area (Å²) in [5.41, 5.74) is 1.06. The molecule has 6 nitrogen and oxygen atoms in total. The first-order valence-electron chi connectivity index (χ1n) is 5.37. The second-order valence-electron chi connectivity index (χ2n) is 3.98. The summed E-state index contributed by atoms with van der Waals surface area (Å²) < 4.78 is 39.8. The molecule has 0 saturated carbocycles. The average molecular weight is 395 g/mol. The first kappa shape index (κ1) is 15.9. The van der Waals surface area contributed by atoms with E-state index < -0.39 is 31.7 Å². The maximum Gasteiger partial charge on any atom is 0.356 e. The third kappa shape index (κ3) is 3.22. The van der Waals surface area contributed by atoms with Crippen molar-refractivity contribution in [2.75, 3.05) is 4.72 Å². The number of aromatic carboxylic acids is 1. The van der Waals surface area contributed by atoms with E-state index in [1.165, 1.54) is 6.07 Å². The number of rotatable bonds is 4. The lowest BCUT2D eigenvalue weighted by molar-refractivity contribution is 0.0687. The minimum Gasteiger partial charge on any atom is -0.476 e. The molecule has 0 aliphatic rings. The van der Waals surface area contributed by atoms with E-state index in [1.807, 2.05) is 0 Å². The Labute approximate surface area is 131 Å². The van der Waals surface area contributed by atoms with Crippen LogP contribution in [0, 0.1) is 12.7 Å². The number of sulfonamides is 1. The zero-order valence-corrected chi connectivity index (χ0v) is 13.6. The number of aryl methyl sites for hydroxylation is 1. The molecule has 0 aliphatic heterocycles. The van der Waals surface area contributed by atoms with Gasteiger partial charge in [-0.1, -0.05) is 0 Å². The SMILES string of the molecule is Cc1cc(Br)c(F)cc1NS(=O)(=O)c1scnc1C(=O)O. The van der Waals surface area contributed by atoms with Crippen molar-refractivity contribution in [3.8, 4) is 0 Å². The second-order valence-corrected chi connectivity index (χ2v) is 7.57. The zero-order chi connectivity index (χ0) is 15.8. The molecule has 0 atom stereocenters. The zero-order valence-electron chi connectivity index (χ0n) is 10.4. The summed E-state index contributed by atoms with van der Waals surface area (Å²) in [6.07, 6.45) is 0. The molecule has 0 aliphatic carbocycles. The first-order valence-corrected chi connectivity index (χ1v) is 8.53. The predicted octanol–water partition coefficient (Wildman–Crippen LogP) is 2.85. The Balaban J connectivity index is 2.45. The van der Waals surface area contributed by atoms with Gasteiger partial charge < -0.3 is 5.11 Å². The van der Waals surface area contributed by atoms with Gasteiger partial charge in [-0.2, -0.15) is 0 Å². The number of nitrogens with zero attached hydrogens (tertiary/aromatic N) is 1. The summed E-state index contributed by atoms with van der Waals surface area (Å²) in [5.74, 6) is -2.09. The summed E-state index contributed by atoms with van der Waals surface area (Å²) in [6, 6.07) is 2.43. The van der Waals surface area contributed by atoms with Gasteiger partial charge in [0.2, 0.25) is 0 Å². The monoisotopic (exact) mass is 394 g/mol. The Hall–Kier alpha value is -1.52. The van der Waals surface area contributed by atoms with Crippen molar-refractivity contribution >= 4 is 48.9 Å². The highest BCUT2D eigenvalue weighted by atomic mass is 79.9. The van der Waals surface area contributed by atoms with Crippen molar-refractivity contribution in [1.29, 1.82) is 0 Å². The lowest BCUT2D eigenvalue weighted by atomic mass is 10.2. The van der Waals surface area contributed by atoms with Crippen LogP contribution in [0.3, 0.4) is 0 Å². The smallest absolute Gasteiger partial charge is 0.356 e. The Kier molecular flexibility index (Phi) is 4.30. The Morgan fingerprint density at radius 3 is 2.76 bits per heavy atom. The molecule has 1 aromatic heterocycles. The van der Waals surface area contributed by atoms with Crippen LogP contribution < -0.4 is 4.72 Å². The summed E-state index contributed by atoms with van der Waals surface area (Å²) in [4.78, 5) is 14.4. The van der Waals surface area contributed by atoms with Crippen molar-refractivity contribution in [2.24, 2.45) is 0 Å². The number of aromatic nitrogens is 1. The molecule has 0 spiro atoms. The minimum absolute atomic E-state index is 0.0282. The molecular weight excluding hydrogens is 387 g/mol. The van der Waals surface area contributed by atoms with Gasteiger partial charge in [-0.3, -0.25) is 4.72 Å². The Morgan fingerprint density at radius 2 is 2.14 bits per heavy atom. The number of nitrogens with one attached hydrogen (secondary N) is 1. The van der Waals surface area contributed by atoms with E-state index in [4.69, 9.17) is 5.11 Å². The third-order valence-corrected chi connectivity index (χ3v) is 5.84. The van der Waals surface area contributed by atoms with E-state index in [2.05, 4.69) is 25.6 Å². The summed E-state index contributed by atoms with van der Waals surface area (Å²) in [6.45, 7) is 1.59. The highest BCUT2D eigenvalue weighted by Crippen LogP contribution is 2.28. The normalized spacial score (nSPS) is 11.4. The lowest BCUT2D eigenvalue weighted by Crippen LogP contribution is -2.16. The van der Waals surface area contributed by atoms with E-state index >= 15 is 0 Å². The van der Waals surface area contributed by atoms with E-state index in [1.54, 1.807) is 6.92 Å². The van der Waals surface area contributed by atoms with Crippen LogP contribution in [0.1, 0.15) is 16.1 Å². The summed E-state index contributed by atoms with van der Waals surface area (Å²) in [7, 11) is -4.15. The van der Waals surface area contributed by atoms with E-state index in [0.717, 1.165) is 11.6 Å². The van der Waals surface area contributed by atoms with Crippen LogP contribution in [0.5, 0.6) is 0 Å². The van der Waals surface area contributed by atoms with Crippen LogP contribution in [-0.2, 0) is 10.0 Å². The van der Waals surface area contributed by atoms with Crippen LogP contribution in [0.25, 0.3) is 0 Å². The van der Waals surface area contributed by atoms with Crippen molar-refractivity contribution in [3.05, 3.63) is 39.2 Å². The van der Waals surface area contributed by atoms with Gasteiger partial charge in [0.1, 0.15) is 5.82 Å². The Morgan fingerprint density at radius 1 is 1.48 bits per heavy atom. The molecule has 2 N–H and O–H groups in total. The van der Waals surface area contributed by atoms with Crippen molar-refractivity contribution < 1.29 is 22.7 Å². The molecule has 0 fully saturated rings. The van der Waals surface area contributed by atoms with E-state index in [9.17, 15) is 17.6 Å². The van der Waals surface area contributed by atoms with Crippen molar-refractivity contribution in [3.63, 3.8) is 0 Å². The van der Waals surface area contributed by atoms with Crippen molar-refractivity contribution in [1.82, 2.24) is 4.98 Å². The second kappa shape index (κ2) is 5.70. The standard InChI is InChI=1S/C11H8BrFN2O4S2/c1-5-2-6(12)7(13)3-8(5)15-21(18,19)11-9(10(16)17)14-4-20-11/h2-4,15H,1H3,(H,16,17). The minimum atomic E-state index is -4.15. The maximum atomic E-state index is 13.5. The summed E-state index contributed by atoms with van der Waals surface area (Å²) in [5, 5.41) is 8.90. The molecule has 2 rings (SSSR count). The predicted molar refractivity (Wildman–Crippen MR) is 78.7 cm³/mol. The van der Waals surface area contributed by atoms with Crippen LogP contribution in [0.4, 0.5) is 10.1 Å². The van der Waals surface area contributed by atoms with Crippen LogP contribution in [-0.4, -0.2) is 24.5 Å². The van der Waals surface area contributed by atoms with Crippen LogP contribution >= 0.6 is 27.3 Å². The highest BCUT2D eigenvalue weighted by Gasteiger charge is 2.26. The van der Waals surface area contributed by atoms with Crippen LogP contribution in [0.2, 0.25) is 0 Å². The van der Waals surface area contributed by atoms with Gasteiger partial charge in [0.05, 0.1) is 15.7 Å². The van der Waals surface area contributed by atoms with E-state index in [-0.39, 0.29) is 10.2 Å². The maximum absolute atomic E-state index is 13.5. The number of thiazole rings is 1. The molecule has 0 bridgehead atoms. The fourth-order valence-electron chi connectivity index (χ4n) is 1.52.